The first-order valence-corrected chi connectivity index (χ1v) is 2.06. The quantitative estimate of drug-likeness (QED) is 0.577. The molecule has 0 aliphatic heterocycles. The molecule has 0 atom stereocenters. The maximum Gasteiger partial charge on any atom is 0.123 e. The van der Waals surface area contributed by atoms with Crippen LogP contribution in [0, 0.1) is 0 Å². The van der Waals surface area contributed by atoms with Gasteiger partial charge in [0, 0.05) is 6.20 Å². The Bertz CT molecular complexity index is 137. The molecule has 0 unspecified atom stereocenters. The van der Waals surface area contributed by atoms with Crippen molar-refractivity contribution in [3.8, 4) is 0 Å². The van der Waals surface area contributed by atoms with Crippen LogP contribution in [0.25, 0.3) is 0 Å². The normalized spacial score (nSPS) is 6.67. The van der Waals surface area contributed by atoms with Gasteiger partial charge in [-0.1, -0.05) is 20.9 Å². The predicted octanol–water partition coefficient (Wildman–Crippen LogP) is 1.94. The number of anilines is 1. The second kappa shape index (κ2) is 5.09. The third-order valence-corrected chi connectivity index (χ3v) is 0.688. The molecule has 52 valence electrons. The van der Waals surface area contributed by atoms with E-state index in [2.05, 4.69) is 4.98 Å². The number of rotatable bonds is 0. The molecule has 0 amide bonds. The van der Waals surface area contributed by atoms with Crippen LogP contribution >= 0.6 is 0 Å². The molecule has 0 aliphatic carbocycles. The van der Waals surface area contributed by atoms with Crippen LogP contribution < -0.4 is 5.73 Å². The highest BCUT2D eigenvalue weighted by molar-refractivity contribution is 5.25. The first-order chi connectivity index (χ1) is 3.39. The highest BCUT2D eigenvalue weighted by Crippen LogP contribution is 1.89. The Hall–Kier alpha value is -1.05. The maximum atomic E-state index is 5.25. The summed E-state index contributed by atoms with van der Waals surface area (Å²) in [7, 11) is 0. The van der Waals surface area contributed by atoms with Crippen LogP contribution in [-0.4, -0.2) is 4.98 Å². The van der Waals surface area contributed by atoms with Gasteiger partial charge in [-0.15, -0.1) is 0 Å². The van der Waals surface area contributed by atoms with Gasteiger partial charge >= 0.3 is 0 Å². The molecule has 2 N–H and O–H groups in total. The van der Waals surface area contributed by atoms with E-state index in [1.165, 1.54) is 0 Å². The molecule has 0 spiro atoms. The highest BCUT2D eigenvalue weighted by atomic mass is 14.8. The molecule has 2 nitrogen and oxygen atoms in total. The lowest BCUT2D eigenvalue weighted by Gasteiger charge is -1.82. The van der Waals surface area contributed by atoms with Crippen molar-refractivity contribution < 1.29 is 0 Å². The number of nitrogens with two attached hydrogens (primary N) is 1. The van der Waals surface area contributed by atoms with Crippen molar-refractivity contribution in [2.75, 3.05) is 5.73 Å². The van der Waals surface area contributed by atoms with E-state index in [1.54, 1.807) is 12.3 Å². The van der Waals surface area contributed by atoms with Gasteiger partial charge in [0.2, 0.25) is 0 Å². The van der Waals surface area contributed by atoms with Gasteiger partial charge in [0.05, 0.1) is 0 Å². The second-order valence-corrected chi connectivity index (χ2v) is 1.25. The van der Waals surface area contributed by atoms with E-state index < -0.39 is 0 Å². The fourth-order valence-corrected chi connectivity index (χ4v) is 0.376. The van der Waals surface area contributed by atoms with Crippen molar-refractivity contribution in [1.29, 1.82) is 0 Å². The Labute approximate surface area is 56.7 Å². The topological polar surface area (TPSA) is 38.9 Å². The largest absolute Gasteiger partial charge is 0.384 e. The summed E-state index contributed by atoms with van der Waals surface area (Å²) in [5, 5.41) is 0. The molecule has 2 heteroatoms. The summed E-state index contributed by atoms with van der Waals surface area (Å²) in [6.45, 7) is 0. The van der Waals surface area contributed by atoms with Crippen molar-refractivity contribution in [3.63, 3.8) is 0 Å². The number of hydrogen-bond acceptors (Lipinski definition) is 2. The molecule has 0 fully saturated rings. The first kappa shape index (κ1) is 10.8. The number of hydrogen-bond donors (Lipinski definition) is 1. The summed E-state index contributed by atoms with van der Waals surface area (Å²) < 4.78 is 0. The van der Waals surface area contributed by atoms with Crippen molar-refractivity contribution in [3.05, 3.63) is 24.4 Å². The average molecular weight is 126 g/mol. The van der Waals surface area contributed by atoms with Gasteiger partial charge in [-0.2, -0.15) is 0 Å². The van der Waals surface area contributed by atoms with E-state index in [1.807, 2.05) is 12.1 Å². The molecular weight excluding hydrogens is 112 g/mol. The highest BCUT2D eigenvalue weighted by Gasteiger charge is 1.73. The summed E-state index contributed by atoms with van der Waals surface area (Å²) in [4.78, 5) is 3.76. The van der Waals surface area contributed by atoms with Gasteiger partial charge < -0.3 is 5.73 Å². The molecule has 0 saturated heterocycles. The monoisotopic (exact) mass is 126 g/mol. The Kier molecular flexibility index (Phi) is 6.14. The Morgan fingerprint density at radius 1 is 1.22 bits per heavy atom. The summed E-state index contributed by atoms with van der Waals surface area (Å²) >= 11 is 0. The van der Waals surface area contributed by atoms with E-state index in [0.717, 1.165) is 0 Å². The molecule has 0 aliphatic rings. The van der Waals surface area contributed by atoms with Gasteiger partial charge in [-0.25, -0.2) is 4.98 Å². The summed E-state index contributed by atoms with van der Waals surface area (Å²) in [6, 6.07) is 5.43. The Balaban J connectivity index is 0. The lowest BCUT2D eigenvalue weighted by molar-refractivity contribution is 1.34. The molecule has 0 radical (unpaired) electrons. The van der Waals surface area contributed by atoms with Crippen molar-refractivity contribution in [2.24, 2.45) is 0 Å². The van der Waals surface area contributed by atoms with E-state index in [-0.39, 0.29) is 14.9 Å². The van der Waals surface area contributed by atoms with Crippen molar-refractivity contribution >= 4 is 5.82 Å². The third-order valence-electron chi connectivity index (χ3n) is 0.688. The van der Waals surface area contributed by atoms with Crippen LogP contribution in [0.15, 0.2) is 24.4 Å². The Morgan fingerprint density at radius 3 is 2.11 bits per heavy atom. The molecule has 1 aromatic rings. The van der Waals surface area contributed by atoms with Crippen LogP contribution in [0.1, 0.15) is 14.9 Å². The average Bonchev–Trinajstić information content (AvgIpc) is 1.69. The molecule has 1 heterocycles. The predicted molar refractivity (Wildman–Crippen MR) is 42.1 cm³/mol. The van der Waals surface area contributed by atoms with E-state index >= 15 is 0 Å². The van der Waals surface area contributed by atoms with E-state index in [0.29, 0.717) is 5.82 Å². The molecule has 0 aromatic carbocycles. The van der Waals surface area contributed by atoms with E-state index in [4.69, 9.17) is 5.73 Å². The molecule has 1 rings (SSSR count). The summed E-state index contributed by atoms with van der Waals surface area (Å²) in [5.41, 5.74) is 5.25. The summed E-state index contributed by atoms with van der Waals surface area (Å²) in [5.74, 6) is 0.572. The smallest absolute Gasteiger partial charge is 0.123 e. The number of pyridine rings is 1. The SMILES string of the molecule is C.C.Nc1ccccn1. The first-order valence-electron chi connectivity index (χ1n) is 2.06. The third kappa shape index (κ3) is 3.53. The Morgan fingerprint density at radius 2 is 1.89 bits per heavy atom. The second-order valence-electron chi connectivity index (χ2n) is 1.25. The van der Waals surface area contributed by atoms with Crippen LogP contribution in [0.4, 0.5) is 5.82 Å². The van der Waals surface area contributed by atoms with Crippen molar-refractivity contribution in [1.82, 2.24) is 4.98 Å². The maximum absolute atomic E-state index is 5.25. The lowest BCUT2D eigenvalue weighted by atomic mass is 10.5. The van der Waals surface area contributed by atoms with Gasteiger partial charge in [0.25, 0.3) is 0 Å². The molecule has 1 aromatic heterocycles. The minimum Gasteiger partial charge on any atom is -0.384 e. The zero-order valence-corrected chi connectivity index (χ0v) is 3.83. The fourth-order valence-electron chi connectivity index (χ4n) is 0.376. The van der Waals surface area contributed by atoms with Crippen LogP contribution in [0.5, 0.6) is 0 Å². The minimum atomic E-state index is 0. The van der Waals surface area contributed by atoms with Gasteiger partial charge in [-0.05, 0) is 12.1 Å². The summed E-state index contributed by atoms with van der Waals surface area (Å²) in [6.07, 6.45) is 1.66. The van der Waals surface area contributed by atoms with Crippen LogP contribution in [-0.2, 0) is 0 Å². The van der Waals surface area contributed by atoms with Crippen molar-refractivity contribution in [2.45, 2.75) is 14.9 Å². The lowest BCUT2D eigenvalue weighted by Crippen LogP contribution is -1.85. The van der Waals surface area contributed by atoms with Gasteiger partial charge in [0.15, 0.2) is 0 Å². The van der Waals surface area contributed by atoms with Gasteiger partial charge in [0.1, 0.15) is 5.82 Å². The number of nitrogen functional groups attached to an aromatic ring is 1. The zero-order chi connectivity index (χ0) is 5.11. The molecule has 9 heavy (non-hydrogen) atoms. The zero-order valence-electron chi connectivity index (χ0n) is 3.83. The molecular formula is C7H14N2. The van der Waals surface area contributed by atoms with Gasteiger partial charge in [-0.3, -0.25) is 0 Å². The number of aromatic nitrogens is 1. The number of nitrogens with zero attached hydrogens (tertiary/aromatic N) is 1. The van der Waals surface area contributed by atoms with Crippen LogP contribution in [0.3, 0.4) is 0 Å². The standard InChI is InChI=1S/C5H6N2.2CH4/c6-5-3-1-2-4-7-5;;/h1-4H,(H2,6,7);2*1H4. The van der Waals surface area contributed by atoms with Crippen LogP contribution in [0.2, 0.25) is 0 Å². The van der Waals surface area contributed by atoms with E-state index in [9.17, 15) is 0 Å². The minimum absolute atomic E-state index is 0. The fraction of sp³-hybridized carbons (Fsp3) is 0.286. The molecule has 0 saturated carbocycles. The molecule has 0 bridgehead atoms.